The molecule has 3 rings (SSSR count). The van der Waals surface area contributed by atoms with E-state index in [9.17, 15) is 29.9 Å². The average Bonchev–Trinajstić information content (AvgIpc) is 2.72. The number of ketones is 1. The number of fused-ring (bicyclic) bond motifs is 1. The molecule has 0 radical (unpaired) electrons. The van der Waals surface area contributed by atoms with Gasteiger partial charge in [-0.05, 0) is 37.6 Å². The van der Waals surface area contributed by atoms with Crippen molar-refractivity contribution in [3.05, 3.63) is 62.0 Å². The highest BCUT2D eigenvalue weighted by atomic mass is 16.6. The van der Waals surface area contributed by atoms with Crippen molar-refractivity contribution >= 4 is 22.4 Å². The number of phenols is 1. The molecule has 0 spiro atoms. The van der Waals surface area contributed by atoms with Crippen LogP contribution in [-0.4, -0.2) is 34.1 Å². The van der Waals surface area contributed by atoms with E-state index in [1.807, 2.05) is 6.92 Å². The Morgan fingerprint density at radius 2 is 1.84 bits per heavy atom. The summed E-state index contributed by atoms with van der Waals surface area (Å²) in [6.45, 7) is 3.53. The summed E-state index contributed by atoms with van der Waals surface area (Å²) < 4.78 is 16.2. The van der Waals surface area contributed by atoms with Gasteiger partial charge in [-0.25, -0.2) is 4.79 Å². The minimum absolute atomic E-state index is 0.00476. The lowest BCUT2D eigenvalue weighted by molar-refractivity contribution is -0.388. The van der Waals surface area contributed by atoms with Crippen LogP contribution in [0.15, 0.2) is 39.5 Å². The summed E-state index contributed by atoms with van der Waals surface area (Å²) in [4.78, 5) is 33.3. The first-order chi connectivity index (χ1) is 15.2. The first kappa shape index (κ1) is 22.6. The van der Waals surface area contributed by atoms with Crippen LogP contribution in [0, 0.1) is 10.1 Å². The number of nitro groups is 1. The fourth-order valence-corrected chi connectivity index (χ4v) is 3.25. The molecule has 2 N–H and O–H groups in total. The van der Waals surface area contributed by atoms with E-state index < -0.39 is 22.0 Å². The van der Waals surface area contributed by atoms with Gasteiger partial charge in [0.25, 0.3) is 0 Å². The standard InChI is InChI=1S/C22H21NO9/c1-3-4-15-17(8-7-14(12(2)24)20(15)25)31-10-9-30-13-5-6-16-18(11-13)32-22(27)19(21(16)26)23(28)29/h5-8,11,25-26H,3-4,9-10H2,1-2H3. The molecular weight excluding hydrogens is 422 g/mol. The van der Waals surface area contributed by atoms with E-state index in [2.05, 4.69) is 0 Å². The molecule has 10 heteroatoms. The fourth-order valence-electron chi connectivity index (χ4n) is 3.25. The highest BCUT2D eigenvalue weighted by Crippen LogP contribution is 2.34. The highest BCUT2D eigenvalue weighted by Gasteiger charge is 2.24. The minimum Gasteiger partial charge on any atom is -0.507 e. The first-order valence-corrected chi connectivity index (χ1v) is 9.80. The third-order valence-corrected chi connectivity index (χ3v) is 4.74. The lowest BCUT2D eigenvalue weighted by Crippen LogP contribution is -2.11. The summed E-state index contributed by atoms with van der Waals surface area (Å²) in [5.74, 6) is -0.362. The number of nitrogens with zero attached hydrogens (tertiary/aromatic N) is 1. The summed E-state index contributed by atoms with van der Waals surface area (Å²) in [6.07, 6.45) is 1.28. The van der Waals surface area contributed by atoms with Crippen LogP contribution < -0.4 is 15.1 Å². The predicted molar refractivity (Wildman–Crippen MR) is 114 cm³/mol. The molecule has 1 heterocycles. The van der Waals surface area contributed by atoms with Gasteiger partial charge in [0.15, 0.2) is 5.78 Å². The summed E-state index contributed by atoms with van der Waals surface area (Å²) in [7, 11) is 0. The molecule has 168 valence electrons. The number of aromatic hydroxyl groups is 2. The molecule has 3 aromatic rings. The third kappa shape index (κ3) is 4.48. The number of ether oxygens (including phenoxy) is 2. The number of hydrogen-bond donors (Lipinski definition) is 2. The molecule has 0 saturated carbocycles. The Hall–Kier alpha value is -4.08. The van der Waals surface area contributed by atoms with Crippen LogP contribution in [0.4, 0.5) is 5.69 Å². The van der Waals surface area contributed by atoms with E-state index in [0.29, 0.717) is 23.5 Å². The molecule has 0 saturated heterocycles. The number of Topliss-reactive ketones (excluding diaryl/α,β-unsaturated/α-hetero) is 1. The Morgan fingerprint density at radius 3 is 2.50 bits per heavy atom. The Kier molecular flexibility index (Phi) is 6.62. The van der Waals surface area contributed by atoms with E-state index in [1.165, 1.54) is 31.2 Å². The number of carbonyl (C=O) groups is 1. The second-order valence-corrected chi connectivity index (χ2v) is 6.94. The lowest BCUT2D eigenvalue weighted by Gasteiger charge is -2.15. The van der Waals surface area contributed by atoms with Gasteiger partial charge in [0.1, 0.15) is 36.0 Å². The van der Waals surface area contributed by atoms with E-state index in [1.54, 1.807) is 6.07 Å². The zero-order chi connectivity index (χ0) is 23.4. The monoisotopic (exact) mass is 443 g/mol. The molecule has 0 amide bonds. The average molecular weight is 443 g/mol. The number of phenolic OH excluding ortho intramolecular Hbond substituents is 1. The van der Waals surface area contributed by atoms with Gasteiger partial charge in [0, 0.05) is 11.6 Å². The van der Waals surface area contributed by atoms with Crippen molar-refractivity contribution in [3.63, 3.8) is 0 Å². The zero-order valence-corrected chi connectivity index (χ0v) is 17.4. The van der Waals surface area contributed by atoms with Crippen molar-refractivity contribution in [2.45, 2.75) is 26.7 Å². The van der Waals surface area contributed by atoms with Gasteiger partial charge in [-0.15, -0.1) is 0 Å². The van der Waals surface area contributed by atoms with Gasteiger partial charge in [-0.1, -0.05) is 13.3 Å². The summed E-state index contributed by atoms with van der Waals surface area (Å²) in [5.41, 5.74) is -1.58. The van der Waals surface area contributed by atoms with Crippen molar-refractivity contribution in [1.82, 2.24) is 0 Å². The summed E-state index contributed by atoms with van der Waals surface area (Å²) in [6, 6.07) is 7.26. The van der Waals surface area contributed by atoms with Crippen LogP contribution >= 0.6 is 0 Å². The smallest absolute Gasteiger partial charge is 0.419 e. The number of hydrogen-bond acceptors (Lipinski definition) is 9. The largest absolute Gasteiger partial charge is 0.507 e. The Balaban J connectivity index is 1.71. The molecule has 0 aliphatic carbocycles. The second kappa shape index (κ2) is 9.38. The molecule has 32 heavy (non-hydrogen) atoms. The maximum atomic E-state index is 11.7. The molecule has 2 aromatic carbocycles. The van der Waals surface area contributed by atoms with E-state index in [4.69, 9.17) is 13.9 Å². The quantitative estimate of drug-likeness (QED) is 0.166. The number of benzene rings is 2. The molecule has 1 aromatic heterocycles. The van der Waals surface area contributed by atoms with Crippen LogP contribution in [0.3, 0.4) is 0 Å². The summed E-state index contributed by atoms with van der Waals surface area (Å²) in [5, 5.41) is 31.2. The topological polar surface area (TPSA) is 149 Å². The van der Waals surface area contributed by atoms with Gasteiger partial charge < -0.3 is 24.1 Å². The fraction of sp³-hybridized carbons (Fsp3) is 0.273. The van der Waals surface area contributed by atoms with Crippen LogP contribution in [-0.2, 0) is 6.42 Å². The maximum Gasteiger partial charge on any atom is 0.419 e. The molecule has 0 aliphatic rings. The van der Waals surface area contributed by atoms with Crippen molar-refractivity contribution in [3.8, 4) is 23.0 Å². The normalized spacial score (nSPS) is 10.8. The molecule has 10 nitrogen and oxygen atoms in total. The molecular formula is C22H21NO9. The minimum atomic E-state index is -1.27. The highest BCUT2D eigenvalue weighted by molar-refractivity contribution is 5.97. The van der Waals surface area contributed by atoms with Gasteiger partial charge in [-0.2, -0.15) is 0 Å². The van der Waals surface area contributed by atoms with E-state index in [0.717, 1.165) is 6.42 Å². The summed E-state index contributed by atoms with van der Waals surface area (Å²) >= 11 is 0. The molecule has 0 aliphatic heterocycles. The van der Waals surface area contributed by atoms with Crippen molar-refractivity contribution in [1.29, 1.82) is 0 Å². The number of rotatable bonds is 9. The molecule has 0 fully saturated rings. The molecule has 0 atom stereocenters. The Bertz CT molecular complexity index is 1250. The van der Waals surface area contributed by atoms with Gasteiger partial charge in [-0.3, -0.25) is 14.9 Å². The van der Waals surface area contributed by atoms with Crippen molar-refractivity contribution < 1.29 is 33.8 Å². The molecule has 0 unspecified atom stereocenters. The predicted octanol–water partition coefficient (Wildman–Crippen LogP) is 3.73. The van der Waals surface area contributed by atoms with Gasteiger partial charge in [0.2, 0.25) is 5.75 Å². The van der Waals surface area contributed by atoms with Gasteiger partial charge in [0.05, 0.1) is 15.9 Å². The van der Waals surface area contributed by atoms with Crippen LogP contribution in [0.2, 0.25) is 0 Å². The molecule has 0 bridgehead atoms. The lowest BCUT2D eigenvalue weighted by atomic mass is 10.0. The second-order valence-electron chi connectivity index (χ2n) is 6.94. The van der Waals surface area contributed by atoms with Crippen molar-refractivity contribution in [2.75, 3.05) is 13.2 Å². The Morgan fingerprint density at radius 1 is 1.12 bits per heavy atom. The SMILES string of the molecule is CCCc1c(OCCOc2ccc3c(O)c([N+](=O)[O-])c(=O)oc3c2)ccc(C(C)=O)c1O. The van der Waals surface area contributed by atoms with Gasteiger partial charge >= 0.3 is 11.3 Å². The zero-order valence-electron chi connectivity index (χ0n) is 17.4. The van der Waals surface area contributed by atoms with Crippen LogP contribution in [0.5, 0.6) is 23.0 Å². The Labute approximate surface area is 181 Å². The van der Waals surface area contributed by atoms with Crippen LogP contribution in [0.25, 0.3) is 11.0 Å². The number of carbonyl (C=O) groups excluding carboxylic acids is 1. The third-order valence-electron chi connectivity index (χ3n) is 4.74. The maximum absolute atomic E-state index is 11.7. The van der Waals surface area contributed by atoms with Crippen LogP contribution in [0.1, 0.15) is 36.2 Å². The van der Waals surface area contributed by atoms with E-state index in [-0.39, 0.29) is 41.3 Å². The van der Waals surface area contributed by atoms with E-state index >= 15 is 0 Å². The van der Waals surface area contributed by atoms with Crippen molar-refractivity contribution in [2.24, 2.45) is 0 Å². The first-order valence-electron chi connectivity index (χ1n) is 9.80.